The zero-order valence-electron chi connectivity index (χ0n) is 17.7. The van der Waals surface area contributed by atoms with Crippen LogP contribution >= 0.6 is 0 Å². The number of aromatic nitrogens is 2. The van der Waals surface area contributed by atoms with Gasteiger partial charge in [0, 0.05) is 18.7 Å². The second-order valence-electron chi connectivity index (χ2n) is 7.83. The minimum Gasteiger partial charge on any atom is -0.478 e. The molecule has 0 atom stereocenters. The van der Waals surface area contributed by atoms with Crippen LogP contribution in [0.4, 0.5) is 0 Å². The molecule has 2 aromatic carbocycles. The normalized spacial score (nSPS) is 14.4. The molecule has 162 valence electrons. The minimum absolute atomic E-state index is 0.0559. The van der Waals surface area contributed by atoms with E-state index < -0.39 is 5.97 Å². The number of hydrogen-bond acceptors (Lipinski definition) is 4. The lowest BCUT2D eigenvalue weighted by atomic mass is 10.1. The molecule has 1 aliphatic heterocycles. The number of rotatable bonds is 6. The molecule has 0 bridgehead atoms. The van der Waals surface area contributed by atoms with E-state index in [0.717, 1.165) is 42.5 Å². The molecule has 1 N–H and O–H groups in total. The number of benzene rings is 2. The lowest BCUT2D eigenvalue weighted by Gasteiger charge is -2.20. The minimum atomic E-state index is -0.952. The molecule has 7 heteroatoms. The molecule has 7 nitrogen and oxygen atoms in total. The average molecular weight is 421 g/mol. The Morgan fingerprint density at radius 3 is 2.32 bits per heavy atom. The van der Waals surface area contributed by atoms with Gasteiger partial charge in [-0.3, -0.25) is 9.36 Å². The number of aromatic carboxylic acids is 1. The fourth-order valence-corrected chi connectivity index (χ4v) is 4.02. The van der Waals surface area contributed by atoms with Crippen molar-refractivity contribution in [2.75, 3.05) is 19.7 Å². The van der Waals surface area contributed by atoms with Gasteiger partial charge in [0.05, 0.1) is 29.7 Å². The first-order valence-electron chi connectivity index (χ1n) is 10.8. The Hall–Kier alpha value is -3.35. The highest BCUT2D eigenvalue weighted by Crippen LogP contribution is 2.25. The van der Waals surface area contributed by atoms with E-state index in [-0.39, 0.29) is 11.5 Å². The van der Waals surface area contributed by atoms with E-state index in [4.69, 9.17) is 9.84 Å². The summed E-state index contributed by atoms with van der Waals surface area (Å²) in [6.45, 7) is 4.44. The second-order valence-corrected chi connectivity index (χ2v) is 7.83. The van der Waals surface area contributed by atoms with Crippen molar-refractivity contribution >= 4 is 22.9 Å². The monoisotopic (exact) mass is 421 g/mol. The third-order valence-electron chi connectivity index (χ3n) is 5.67. The van der Waals surface area contributed by atoms with Crippen molar-refractivity contribution in [2.24, 2.45) is 0 Å². The van der Waals surface area contributed by atoms with Gasteiger partial charge in [-0.1, -0.05) is 25.0 Å². The summed E-state index contributed by atoms with van der Waals surface area (Å²) in [5.74, 6) is -0.897. The Kier molecular flexibility index (Phi) is 6.21. The summed E-state index contributed by atoms with van der Waals surface area (Å²) in [5, 5.41) is 9.12. The van der Waals surface area contributed by atoms with Gasteiger partial charge in [0.1, 0.15) is 0 Å². The van der Waals surface area contributed by atoms with E-state index in [0.29, 0.717) is 24.7 Å². The van der Waals surface area contributed by atoms with Crippen LogP contribution in [0.15, 0.2) is 42.5 Å². The first kappa shape index (κ1) is 20.9. The van der Waals surface area contributed by atoms with Crippen molar-refractivity contribution in [3.8, 4) is 6.01 Å². The molecular weight excluding hydrogens is 394 g/mol. The summed E-state index contributed by atoms with van der Waals surface area (Å²) < 4.78 is 7.69. The Balaban J connectivity index is 1.68. The molecule has 2 heterocycles. The summed E-state index contributed by atoms with van der Waals surface area (Å²) in [6, 6.07) is 12.8. The molecule has 0 radical (unpaired) electrons. The molecule has 31 heavy (non-hydrogen) atoms. The number of hydrogen-bond donors (Lipinski definition) is 1. The number of ether oxygens (including phenoxy) is 1. The number of carbonyl (C=O) groups is 2. The molecule has 1 saturated heterocycles. The van der Waals surface area contributed by atoms with Crippen LogP contribution in [0.1, 0.15) is 58.9 Å². The highest BCUT2D eigenvalue weighted by atomic mass is 16.5. The van der Waals surface area contributed by atoms with Crippen LogP contribution in [0.2, 0.25) is 0 Å². The zero-order valence-corrected chi connectivity index (χ0v) is 17.7. The smallest absolute Gasteiger partial charge is 0.335 e. The summed E-state index contributed by atoms with van der Waals surface area (Å²) in [6.07, 6.45) is 4.45. The van der Waals surface area contributed by atoms with E-state index in [2.05, 4.69) is 4.98 Å². The van der Waals surface area contributed by atoms with E-state index in [9.17, 15) is 9.59 Å². The SMILES string of the molecule is CCOc1nc2ccc(C(=O)N3CCCCCC3)cc2n1Cc1ccc(C(=O)O)cc1. The molecule has 1 fully saturated rings. The van der Waals surface area contributed by atoms with Crippen molar-refractivity contribution in [3.63, 3.8) is 0 Å². The average Bonchev–Trinajstić information content (AvgIpc) is 2.94. The summed E-state index contributed by atoms with van der Waals surface area (Å²) in [5.41, 5.74) is 3.41. The number of amides is 1. The van der Waals surface area contributed by atoms with Crippen molar-refractivity contribution in [1.29, 1.82) is 0 Å². The van der Waals surface area contributed by atoms with Crippen LogP contribution < -0.4 is 4.74 Å². The van der Waals surface area contributed by atoms with Gasteiger partial charge in [-0.25, -0.2) is 4.79 Å². The van der Waals surface area contributed by atoms with E-state index in [1.54, 1.807) is 24.3 Å². The lowest BCUT2D eigenvalue weighted by Crippen LogP contribution is -2.31. The molecule has 0 aliphatic carbocycles. The summed E-state index contributed by atoms with van der Waals surface area (Å²) in [7, 11) is 0. The van der Waals surface area contributed by atoms with Crippen molar-refractivity contribution in [3.05, 3.63) is 59.2 Å². The van der Waals surface area contributed by atoms with Crippen LogP contribution in [-0.2, 0) is 6.54 Å². The zero-order chi connectivity index (χ0) is 21.8. The maximum atomic E-state index is 13.1. The van der Waals surface area contributed by atoms with Gasteiger partial charge in [-0.2, -0.15) is 4.98 Å². The first-order chi connectivity index (χ1) is 15.1. The number of nitrogens with zero attached hydrogens (tertiary/aromatic N) is 3. The largest absolute Gasteiger partial charge is 0.478 e. The maximum absolute atomic E-state index is 13.1. The molecule has 1 aromatic heterocycles. The number of imidazole rings is 1. The maximum Gasteiger partial charge on any atom is 0.335 e. The molecule has 3 aromatic rings. The molecule has 0 unspecified atom stereocenters. The number of carboxylic acids is 1. The van der Waals surface area contributed by atoms with Gasteiger partial charge in [0.25, 0.3) is 11.9 Å². The fourth-order valence-electron chi connectivity index (χ4n) is 4.02. The van der Waals surface area contributed by atoms with Crippen molar-refractivity contribution < 1.29 is 19.4 Å². The number of likely N-dealkylation sites (tertiary alicyclic amines) is 1. The Morgan fingerprint density at radius 2 is 1.68 bits per heavy atom. The fraction of sp³-hybridized carbons (Fsp3) is 0.375. The third-order valence-corrected chi connectivity index (χ3v) is 5.67. The number of carbonyl (C=O) groups excluding carboxylic acids is 1. The molecule has 1 amide bonds. The van der Waals surface area contributed by atoms with Crippen LogP contribution in [0.5, 0.6) is 6.01 Å². The van der Waals surface area contributed by atoms with Gasteiger partial charge in [-0.05, 0) is 55.7 Å². The van der Waals surface area contributed by atoms with Gasteiger partial charge >= 0.3 is 5.97 Å². The third kappa shape index (κ3) is 4.55. The predicted octanol–water partition coefficient (Wildman–Crippen LogP) is 4.20. The molecule has 0 saturated carbocycles. The van der Waals surface area contributed by atoms with E-state index >= 15 is 0 Å². The Bertz CT molecular complexity index is 1080. The standard InChI is InChI=1S/C24H27N3O4/c1-2-31-24-25-20-12-11-19(22(28)26-13-5-3-4-6-14-26)15-21(20)27(24)16-17-7-9-18(10-8-17)23(29)30/h7-12,15H,2-6,13-14,16H2,1H3,(H,29,30). The Labute approximate surface area is 181 Å². The molecule has 4 rings (SSSR count). The van der Waals surface area contributed by atoms with Crippen LogP contribution in [0.25, 0.3) is 11.0 Å². The van der Waals surface area contributed by atoms with Crippen LogP contribution in [-0.4, -0.2) is 51.1 Å². The Morgan fingerprint density at radius 1 is 1.00 bits per heavy atom. The van der Waals surface area contributed by atoms with Crippen LogP contribution in [0.3, 0.4) is 0 Å². The quantitative estimate of drug-likeness (QED) is 0.645. The van der Waals surface area contributed by atoms with Crippen molar-refractivity contribution in [2.45, 2.75) is 39.2 Å². The first-order valence-corrected chi connectivity index (χ1v) is 10.8. The highest BCUT2D eigenvalue weighted by molar-refractivity contribution is 5.97. The lowest BCUT2D eigenvalue weighted by molar-refractivity contribution is 0.0695. The second kappa shape index (κ2) is 9.20. The van der Waals surface area contributed by atoms with E-state index in [1.165, 1.54) is 12.8 Å². The molecule has 1 aliphatic rings. The van der Waals surface area contributed by atoms with Gasteiger partial charge in [-0.15, -0.1) is 0 Å². The molecular formula is C24H27N3O4. The van der Waals surface area contributed by atoms with Gasteiger partial charge < -0.3 is 14.7 Å². The summed E-state index contributed by atoms with van der Waals surface area (Å²) >= 11 is 0. The van der Waals surface area contributed by atoms with Crippen LogP contribution in [0, 0.1) is 0 Å². The predicted molar refractivity (Wildman–Crippen MR) is 118 cm³/mol. The van der Waals surface area contributed by atoms with Crippen molar-refractivity contribution in [1.82, 2.24) is 14.5 Å². The van der Waals surface area contributed by atoms with E-state index in [1.807, 2.05) is 34.6 Å². The topological polar surface area (TPSA) is 84.7 Å². The van der Waals surface area contributed by atoms with Gasteiger partial charge in [0.15, 0.2) is 0 Å². The highest BCUT2D eigenvalue weighted by Gasteiger charge is 2.20. The summed E-state index contributed by atoms with van der Waals surface area (Å²) in [4.78, 5) is 30.8. The molecule has 0 spiro atoms. The number of carboxylic acid groups (broad SMARTS) is 1. The van der Waals surface area contributed by atoms with Gasteiger partial charge in [0.2, 0.25) is 0 Å². The number of fused-ring (bicyclic) bond motifs is 1.